The Morgan fingerprint density at radius 3 is 2.83 bits per heavy atom. The van der Waals surface area contributed by atoms with Crippen LogP contribution in [0.4, 0.5) is 0 Å². The summed E-state index contributed by atoms with van der Waals surface area (Å²) in [6.07, 6.45) is 3.73. The van der Waals surface area contributed by atoms with E-state index in [1.54, 1.807) is 0 Å². The number of aryl methyl sites for hydroxylation is 2. The number of hydrogen-bond acceptors (Lipinski definition) is 3. The van der Waals surface area contributed by atoms with Crippen LogP contribution in [0.2, 0.25) is 0 Å². The molecule has 0 aliphatic carbocycles. The number of aromatic nitrogens is 1. The average molecular weight is 391 g/mol. The van der Waals surface area contributed by atoms with Gasteiger partial charge in [0.2, 0.25) is 0 Å². The molecule has 4 heteroatoms. The minimum Gasteiger partial charge on any atom is -0.493 e. The van der Waals surface area contributed by atoms with E-state index >= 15 is 0 Å². The molecule has 3 aromatic rings. The fraction of sp³-hybridized carbons (Fsp3) is 0.400. The Morgan fingerprint density at radius 2 is 2.03 bits per heavy atom. The van der Waals surface area contributed by atoms with Crippen molar-refractivity contribution in [3.05, 3.63) is 65.4 Å². The van der Waals surface area contributed by atoms with Crippen molar-refractivity contribution in [2.24, 2.45) is 5.92 Å². The lowest BCUT2D eigenvalue weighted by Gasteiger charge is -2.29. The maximum Gasteiger partial charge on any atom is 0.165 e. The number of rotatable bonds is 7. The van der Waals surface area contributed by atoms with E-state index in [1.165, 1.54) is 24.9 Å². The molecule has 0 spiro atoms. The molecule has 0 radical (unpaired) electrons. The van der Waals surface area contributed by atoms with Crippen LogP contribution in [0.5, 0.6) is 5.75 Å². The zero-order chi connectivity index (χ0) is 20.2. The van der Waals surface area contributed by atoms with Gasteiger partial charge in [0.05, 0.1) is 6.61 Å². The molecule has 1 aliphatic heterocycles. The Morgan fingerprint density at radius 1 is 1.21 bits per heavy atom. The number of nitrogens with zero attached hydrogens (tertiary/aromatic N) is 1. The summed E-state index contributed by atoms with van der Waals surface area (Å²) >= 11 is 0. The van der Waals surface area contributed by atoms with Gasteiger partial charge in [0.1, 0.15) is 5.75 Å². The molecule has 0 saturated carbocycles. The number of piperidine rings is 1. The summed E-state index contributed by atoms with van der Waals surface area (Å²) in [6, 6.07) is 16.2. The van der Waals surface area contributed by atoms with Gasteiger partial charge in [-0.25, -0.2) is 0 Å². The molecule has 2 aromatic carbocycles. The normalized spacial score (nSPS) is 17.5. The lowest BCUT2D eigenvalue weighted by molar-refractivity contribution is 0.0984. The molecule has 1 N–H and O–H groups in total. The number of ketones is 1. The van der Waals surface area contributed by atoms with Gasteiger partial charge in [-0.3, -0.25) is 4.79 Å². The van der Waals surface area contributed by atoms with E-state index in [0.29, 0.717) is 12.3 Å². The van der Waals surface area contributed by atoms with Gasteiger partial charge >= 0.3 is 0 Å². The van der Waals surface area contributed by atoms with Crippen molar-refractivity contribution >= 4 is 16.7 Å². The van der Waals surface area contributed by atoms with Gasteiger partial charge in [-0.1, -0.05) is 30.3 Å². The molecule has 1 aliphatic rings. The van der Waals surface area contributed by atoms with Gasteiger partial charge in [0.15, 0.2) is 5.78 Å². The Hall–Kier alpha value is -2.59. The maximum atomic E-state index is 13.0. The van der Waals surface area contributed by atoms with Crippen LogP contribution >= 0.6 is 0 Å². The van der Waals surface area contributed by atoms with Crippen molar-refractivity contribution in [3.63, 3.8) is 0 Å². The first-order valence-corrected chi connectivity index (χ1v) is 10.6. The van der Waals surface area contributed by atoms with Gasteiger partial charge in [-0.05, 0) is 63.5 Å². The number of carbonyl (C=O) groups is 1. The van der Waals surface area contributed by atoms with Gasteiger partial charge in [0, 0.05) is 41.0 Å². The molecule has 4 rings (SSSR count). The number of fused-ring (bicyclic) bond motifs is 1. The molecule has 0 bridgehead atoms. The number of nitrogens with one attached hydrogen (secondary N) is 1. The summed E-state index contributed by atoms with van der Waals surface area (Å²) in [7, 11) is 2.17. The number of hydrogen-bond donors (Lipinski definition) is 1. The van der Waals surface area contributed by atoms with Crippen LogP contribution in [0.1, 0.15) is 40.9 Å². The summed E-state index contributed by atoms with van der Waals surface area (Å²) < 4.78 is 6.12. The predicted molar refractivity (Wildman–Crippen MR) is 118 cm³/mol. The van der Waals surface area contributed by atoms with Gasteiger partial charge < -0.3 is 14.6 Å². The lowest BCUT2D eigenvalue weighted by atomic mass is 9.99. The topological polar surface area (TPSA) is 45.3 Å². The summed E-state index contributed by atoms with van der Waals surface area (Å²) in [6.45, 7) is 4.99. The third kappa shape index (κ3) is 4.70. The van der Waals surface area contributed by atoms with E-state index in [1.807, 2.05) is 43.3 Å². The molecule has 0 amide bonds. The zero-order valence-corrected chi connectivity index (χ0v) is 17.4. The Kier molecular flexibility index (Phi) is 6.00. The summed E-state index contributed by atoms with van der Waals surface area (Å²) in [5.74, 6) is 1.61. The van der Waals surface area contributed by atoms with Crippen LogP contribution in [-0.2, 0) is 6.42 Å². The molecular weight excluding hydrogens is 360 g/mol. The second kappa shape index (κ2) is 8.83. The number of benzene rings is 2. The van der Waals surface area contributed by atoms with E-state index in [-0.39, 0.29) is 5.78 Å². The quantitative estimate of drug-likeness (QED) is 0.577. The molecular formula is C25H30N2O2. The van der Waals surface area contributed by atoms with E-state index in [2.05, 4.69) is 29.1 Å². The summed E-state index contributed by atoms with van der Waals surface area (Å²) in [4.78, 5) is 18.7. The lowest BCUT2D eigenvalue weighted by Crippen LogP contribution is -2.34. The summed E-state index contributed by atoms with van der Waals surface area (Å²) in [5, 5.41) is 0.971. The molecule has 29 heavy (non-hydrogen) atoms. The molecule has 152 valence electrons. The van der Waals surface area contributed by atoms with E-state index in [4.69, 9.17) is 4.74 Å². The first kappa shape index (κ1) is 19.7. The first-order chi connectivity index (χ1) is 14.1. The highest BCUT2D eigenvalue weighted by Crippen LogP contribution is 2.28. The highest BCUT2D eigenvalue weighted by Gasteiger charge is 2.19. The number of carbonyl (C=O) groups excluding carboxylic acids is 1. The van der Waals surface area contributed by atoms with Crippen LogP contribution in [-0.4, -0.2) is 42.4 Å². The van der Waals surface area contributed by atoms with Crippen LogP contribution in [0.15, 0.2) is 48.5 Å². The summed E-state index contributed by atoms with van der Waals surface area (Å²) in [5.41, 5.74) is 3.93. The van der Waals surface area contributed by atoms with Crippen molar-refractivity contribution in [2.75, 3.05) is 26.7 Å². The molecule has 4 nitrogen and oxygen atoms in total. The highest BCUT2D eigenvalue weighted by molar-refractivity contribution is 6.09. The predicted octanol–water partition coefficient (Wildman–Crippen LogP) is 5.01. The van der Waals surface area contributed by atoms with Crippen molar-refractivity contribution in [1.29, 1.82) is 0 Å². The number of aromatic amines is 1. The maximum absolute atomic E-state index is 13.0. The second-order valence-electron chi connectivity index (χ2n) is 8.32. The SMILES string of the molecule is Cc1[nH]c2ccc(OCC3CCCN(C)C3)cc2c1C(=O)CCc1ccccc1. The largest absolute Gasteiger partial charge is 0.493 e. The number of likely N-dealkylation sites (tertiary alicyclic amines) is 1. The van der Waals surface area contributed by atoms with Crippen LogP contribution in [0.3, 0.4) is 0 Å². The fourth-order valence-electron chi connectivity index (χ4n) is 4.41. The minimum atomic E-state index is 0.184. The third-order valence-electron chi connectivity index (χ3n) is 5.93. The van der Waals surface area contributed by atoms with Gasteiger partial charge in [-0.15, -0.1) is 0 Å². The van der Waals surface area contributed by atoms with Crippen molar-refractivity contribution in [3.8, 4) is 5.75 Å². The van der Waals surface area contributed by atoms with E-state index in [9.17, 15) is 4.79 Å². The molecule has 1 atom stereocenters. The van der Waals surface area contributed by atoms with Crippen molar-refractivity contribution in [1.82, 2.24) is 9.88 Å². The molecule has 1 aromatic heterocycles. The highest BCUT2D eigenvalue weighted by atomic mass is 16.5. The van der Waals surface area contributed by atoms with Crippen LogP contribution in [0, 0.1) is 12.8 Å². The van der Waals surface area contributed by atoms with Crippen molar-refractivity contribution < 1.29 is 9.53 Å². The molecule has 1 saturated heterocycles. The third-order valence-corrected chi connectivity index (χ3v) is 5.93. The average Bonchev–Trinajstić information content (AvgIpc) is 3.06. The Labute approximate surface area is 172 Å². The Bertz CT molecular complexity index is 977. The number of ether oxygens (including phenoxy) is 1. The number of H-pyrrole nitrogens is 1. The van der Waals surface area contributed by atoms with Gasteiger partial charge in [-0.2, -0.15) is 0 Å². The molecule has 2 heterocycles. The van der Waals surface area contributed by atoms with Crippen molar-refractivity contribution in [2.45, 2.75) is 32.6 Å². The minimum absolute atomic E-state index is 0.184. The van der Waals surface area contributed by atoms with E-state index in [0.717, 1.165) is 47.5 Å². The monoisotopic (exact) mass is 390 g/mol. The zero-order valence-electron chi connectivity index (χ0n) is 17.4. The standard InChI is InChI=1S/C25H30N2O2/c1-18-25(24(28)13-10-19-7-4-3-5-8-19)22-15-21(11-12-23(22)26-18)29-17-20-9-6-14-27(2)16-20/h3-5,7-8,11-12,15,20,26H,6,9-10,13-14,16-17H2,1-2H3. The number of Topliss-reactive ketones (excluding diaryl/α,β-unsaturated/α-hetero) is 1. The second-order valence-corrected chi connectivity index (χ2v) is 8.32. The van der Waals surface area contributed by atoms with Crippen LogP contribution < -0.4 is 4.74 Å². The first-order valence-electron chi connectivity index (χ1n) is 10.6. The van der Waals surface area contributed by atoms with Gasteiger partial charge in [0.25, 0.3) is 0 Å². The van der Waals surface area contributed by atoms with Crippen LogP contribution in [0.25, 0.3) is 10.9 Å². The fourth-order valence-corrected chi connectivity index (χ4v) is 4.41. The molecule has 1 fully saturated rings. The molecule has 1 unspecified atom stereocenters. The van der Waals surface area contributed by atoms with E-state index < -0.39 is 0 Å². The Balaban J connectivity index is 1.47. The smallest absolute Gasteiger partial charge is 0.165 e.